The van der Waals surface area contributed by atoms with Gasteiger partial charge in [-0.15, -0.1) is 0 Å². The number of benzene rings is 1. The molecule has 5 nitrogen and oxygen atoms in total. The van der Waals surface area contributed by atoms with E-state index in [0.29, 0.717) is 12.1 Å². The summed E-state index contributed by atoms with van der Waals surface area (Å²) >= 11 is 0. The fourth-order valence-electron chi connectivity index (χ4n) is 2.81. The molecule has 5 heteroatoms. The molecule has 0 radical (unpaired) electrons. The maximum Gasteiger partial charge on any atom is 0.253 e. The second-order valence-electron chi connectivity index (χ2n) is 6.26. The molecular formula is C17H25N3O2. The first-order valence-electron chi connectivity index (χ1n) is 7.68. The van der Waals surface area contributed by atoms with Gasteiger partial charge >= 0.3 is 0 Å². The van der Waals surface area contributed by atoms with Gasteiger partial charge in [0.2, 0.25) is 5.91 Å². The third-order valence-electron chi connectivity index (χ3n) is 4.13. The summed E-state index contributed by atoms with van der Waals surface area (Å²) in [6.07, 6.45) is 1.74. The molecule has 1 fully saturated rings. The SMILES string of the molecule is CN(C)C(=O)[C@@H]1CCCN(C(=O)c2ccc(N(C)C)cc2)C1. The molecule has 0 aromatic heterocycles. The van der Waals surface area contributed by atoms with Crippen LogP contribution in [0.3, 0.4) is 0 Å². The van der Waals surface area contributed by atoms with Gasteiger partial charge < -0.3 is 14.7 Å². The predicted molar refractivity (Wildman–Crippen MR) is 88.1 cm³/mol. The highest BCUT2D eigenvalue weighted by Gasteiger charge is 2.29. The molecule has 2 amide bonds. The van der Waals surface area contributed by atoms with E-state index in [0.717, 1.165) is 25.1 Å². The summed E-state index contributed by atoms with van der Waals surface area (Å²) in [5.41, 5.74) is 1.75. The molecule has 2 rings (SSSR count). The number of hydrogen-bond donors (Lipinski definition) is 0. The monoisotopic (exact) mass is 303 g/mol. The van der Waals surface area contributed by atoms with Crippen LogP contribution in [0.25, 0.3) is 0 Å². The van der Waals surface area contributed by atoms with E-state index in [9.17, 15) is 9.59 Å². The van der Waals surface area contributed by atoms with Crippen LogP contribution in [0, 0.1) is 5.92 Å². The molecule has 0 bridgehead atoms. The van der Waals surface area contributed by atoms with E-state index in [2.05, 4.69) is 0 Å². The first-order valence-corrected chi connectivity index (χ1v) is 7.68. The minimum Gasteiger partial charge on any atom is -0.378 e. The Labute approximate surface area is 132 Å². The van der Waals surface area contributed by atoms with Gasteiger partial charge in [0, 0.05) is 52.5 Å². The van der Waals surface area contributed by atoms with Crippen LogP contribution in [-0.2, 0) is 4.79 Å². The summed E-state index contributed by atoms with van der Waals surface area (Å²) in [5.74, 6) is 0.0516. The van der Waals surface area contributed by atoms with Crippen LogP contribution in [0.4, 0.5) is 5.69 Å². The lowest BCUT2D eigenvalue weighted by Gasteiger charge is -2.33. The van der Waals surface area contributed by atoms with Crippen LogP contribution in [0.15, 0.2) is 24.3 Å². The highest BCUT2D eigenvalue weighted by Crippen LogP contribution is 2.21. The minimum atomic E-state index is -0.0752. The summed E-state index contributed by atoms with van der Waals surface area (Å²) in [4.78, 5) is 30.1. The predicted octanol–water partition coefficient (Wildman–Crippen LogP) is 1.69. The van der Waals surface area contributed by atoms with Crippen molar-refractivity contribution in [2.75, 3.05) is 46.2 Å². The average Bonchev–Trinajstić information content (AvgIpc) is 2.53. The van der Waals surface area contributed by atoms with Crippen molar-refractivity contribution < 1.29 is 9.59 Å². The van der Waals surface area contributed by atoms with Crippen molar-refractivity contribution in [3.63, 3.8) is 0 Å². The third kappa shape index (κ3) is 3.59. The van der Waals surface area contributed by atoms with Crippen molar-refractivity contribution in [1.82, 2.24) is 9.80 Å². The molecule has 0 saturated carbocycles. The number of hydrogen-bond acceptors (Lipinski definition) is 3. The van der Waals surface area contributed by atoms with Crippen LogP contribution < -0.4 is 4.90 Å². The molecule has 0 unspecified atom stereocenters. The third-order valence-corrected chi connectivity index (χ3v) is 4.13. The molecule has 1 aliphatic rings. The van der Waals surface area contributed by atoms with E-state index in [-0.39, 0.29) is 17.7 Å². The summed E-state index contributed by atoms with van der Waals surface area (Å²) in [7, 11) is 7.48. The zero-order chi connectivity index (χ0) is 16.3. The van der Waals surface area contributed by atoms with E-state index in [1.165, 1.54) is 0 Å². The molecule has 0 spiro atoms. The van der Waals surface area contributed by atoms with E-state index < -0.39 is 0 Å². The highest BCUT2D eigenvalue weighted by atomic mass is 16.2. The Morgan fingerprint density at radius 3 is 2.27 bits per heavy atom. The molecular weight excluding hydrogens is 278 g/mol. The molecule has 1 aromatic carbocycles. The number of piperidine rings is 1. The Morgan fingerprint density at radius 1 is 1.09 bits per heavy atom. The van der Waals surface area contributed by atoms with Gasteiger partial charge in [-0.3, -0.25) is 9.59 Å². The van der Waals surface area contributed by atoms with Crippen LogP contribution in [0.5, 0.6) is 0 Å². The lowest BCUT2D eigenvalue weighted by molar-refractivity contribution is -0.134. The van der Waals surface area contributed by atoms with Gasteiger partial charge in [-0.2, -0.15) is 0 Å². The van der Waals surface area contributed by atoms with Crippen molar-refractivity contribution >= 4 is 17.5 Å². The second-order valence-corrected chi connectivity index (χ2v) is 6.26. The summed E-state index contributed by atoms with van der Waals surface area (Å²) < 4.78 is 0. The second kappa shape index (κ2) is 6.81. The van der Waals surface area contributed by atoms with Gasteiger partial charge in [-0.05, 0) is 37.1 Å². The number of anilines is 1. The smallest absolute Gasteiger partial charge is 0.253 e. The van der Waals surface area contributed by atoms with E-state index in [1.807, 2.05) is 43.3 Å². The van der Waals surface area contributed by atoms with Crippen LogP contribution in [0.2, 0.25) is 0 Å². The quantitative estimate of drug-likeness (QED) is 0.853. The molecule has 1 atom stereocenters. The molecule has 1 heterocycles. The summed E-state index contributed by atoms with van der Waals surface area (Å²) in [5, 5.41) is 0. The Morgan fingerprint density at radius 2 is 1.73 bits per heavy atom. The highest BCUT2D eigenvalue weighted by molar-refractivity contribution is 5.95. The van der Waals surface area contributed by atoms with Crippen LogP contribution in [0.1, 0.15) is 23.2 Å². The number of carbonyl (C=O) groups is 2. The number of amides is 2. The molecule has 1 saturated heterocycles. The average molecular weight is 303 g/mol. The number of rotatable bonds is 3. The normalized spacial score (nSPS) is 18.0. The molecule has 0 N–H and O–H groups in total. The molecule has 120 valence electrons. The minimum absolute atomic E-state index is 0.0153. The Kier molecular flexibility index (Phi) is 5.06. The summed E-state index contributed by atoms with van der Waals surface area (Å²) in [6.45, 7) is 1.25. The van der Waals surface area contributed by atoms with E-state index in [1.54, 1.807) is 23.9 Å². The fourth-order valence-corrected chi connectivity index (χ4v) is 2.81. The van der Waals surface area contributed by atoms with Crippen molar-refractivity contribution in [1.29, 1.82) is 0 Å². The first-order chi connectivity index (χ1) is 10.4. The van der Waals surface area contributed by atoms with Crippen molar-refractivity contribution in [3.05, 3.63) is 29.8 Å². The summed E-state index contributed by atoms with van der Waals surface area (Å²) in [6, 6.07) is 7.60. The molecule has 0 aliphatic carbocycles. The van der Waals surface area contributed by atoms with E-state index in [4.69, 9.17) is 0 Å². The van der Waals surface area contributed by atoms with Crippen molar-refractivity contribution in [2.24, 2.45) is 5.92 Å². The zero-order valence-corrected chi connectivity index (χ0v) is 13.9. The van der Waals surface area contributed by atoms with Gasteiger partial charge in [-0.25, -0.2) is 0 Å². The van der Waals surface area contributed by atoms with E-state index >= 15 is 0 Å². The maximum atomic E-state index is 12.6. The van der Waals surface area contributed by atoms with Crippen molar-refractivity contribution in [2.45, 2.75) is 12.8 Å². The van der Waals surface area contributed by atoms with Gasteiger partial charge in [0.25, 0.3) is 5.91 Å². The topological polar surface area (TPSA) is 43.9 Å². The zero-order valence-electron chi connectivity index (χ0n) is 13.9. The van der Waals surface area contributed by atoms with Gasteiger partial charge in [-0.1, -0.05) is 0 Å². The lowest BCUT2D eigenvalue weighted by Crippen LogP contribution is -2.45. The fraction of sp³-hybridized carbons (Fsp3) is 0.529. The standard InChI is InChI=1S/C17H25N3O2/c1-18(2)15-9-7-13(8-10-15)17(22)20-11-5-6-14(12-20)16(21)19(3)4/h7-10,14H,5-6,11-12H2,1-4H3/t14-/m1/s1. The number of nitrogens with zero attached hydrogens (tertiary/aromatic N) is 3. The number of carbonyl (C=O) groups excluding carboxylic acids is 2. The largest absolute Gasteiger partial charge is 0.378 e. The van der Waals surface area contributed by atoms with Gasteiger partial charge in [0.15, 0.2) is 0 Å². The molecule has 1 aliphatic heterocycles. The maximum absolute atomic E-state index is 12.6. The Balaban J connectivity index is 2.07. The van der Waals surface area contributed by atoms with Crippen LogP contribution >= 0.6 is 0 Å². The van der Waals surface area contributed by atoms with Gasteiger partial charge in [0.1, 0.15) is 0 Å². The lowest BCUT2D eigenvalue weighted by atomic mass is 9.96. The number of likely N-dealkylation sites (tertiary alicyclic amines) is 1. The first kappa shape index (κ1) is 16.3. The molecule has 22 heavy (non-hydrogen) atoms. The van der Waals surface area contributed by atoms with Crippen LogP contribution in [-0.4, -0.2) is 62.9 Å². The van der Waals surface area contributed by atoms with Crippen molar-refractivity contribution in [3.8, 4) is 0 Å². The van der Waals surface area contributed by atoms with Gasteiger partial charge in [0.05, 0.1) is 5.92 Å². The molecule has 1 aromatic rings. The Bertz CT molecular complexity index is 537. The Hall–Kier alpha value is -2.04.